The third-order valence-electron chi connectivity index (χ3n) is 2.85. The van der Waals surface area contributed by atoms with E-state index < -0.39 is 0 Å². The second-order valence-corrected chi connectivity index (χ2v) is 4.38. The van der Waals surface area contributed by atoms with E-state index in [1.807, 2.05) is 18.2 Å². The molecule has 1 aromatic rings. The molecule has 2 heteroatoms. The van der Waals surface area contributed by atoms with Crippen molar-refractivity contribution in [1.82, 2.24) is 5.32 Å². The molecule has 0 aromatic heterocycles. The lowest BCUT2D eigenvalue weighted by atomic mass is 10.1. The van der Waals surface area contributed by atoms with Crippen LogP contribution in [0, 0.1) is 6.92 Å². The van der Waals surface area contributed by atoms with E-state index in [-0.39, 0.29) is 5.72 Å². The molecule has 1 atom stereocenters. The van der Waals surface area contributed by atoms with Crippen LogP contribution in [0.3, 0.4) is 0 Å². The molecule has 0 saturated heterocycles. The molecule has 0 bridgehead atoms. The zero-order valence-corrected chi connectivity index (χ0v) is 10.8. The quantitative estimate of drug-likeness (QED) is 0.742. The molecule has 1 unspecified atom stereocenters. The first-order valence-corrected chi connectivity index (χ1v) is 6.11. The number of ether oxygens (including phenoxy) is 1. The molecule has 0 aliphatic carbocycles. The maximum absolute atomic E-state index is 6.07. The fourth-order valence-corrected chi connectivity index (χ4v) is 1.54. The molecule has 1 N–H and O–H groups in total. The normalized spacial score (nSPS) is 14.5. The molecule has 0 heterocycles. The van der Waals surface area contributed by atoms with Gasteiger partial charge in [-0.15, -0.1) is 0 Å². The number of hydrogen-bond acceptors (Lipinski definition) is 2. The van der Waals surface area contributed by atoms with Gasteiger partial charge in [-0.05, 0) is 44.9 Å². The van der Waals surface area contributed by atoms with E-state index in [0.717, 1.165) is 25.1 Å². The molecule has 2 nitrogen and oxygen atoms in total. The predicted molar refractivity (Wildman–Crippen MR) is 68.8 cm³/mol. The zero-order chi connectivity index (χ0) is 12.0. The molecule has 0 amide bonds. The van der Waals surface area contributed by atoms with Crippen LogP contribution in [0.5, 0.6) is 5.75 Å². The molecule has 1 rings (SSSR count). The van der Waals surface area contributed by atoms with Crippen LogP contribution in [0.4, 0.5) is 0 Å². The van der Waals surface area contributed by atoms with Crippen LogP contribution < -0.4 is 10.1 Å². The van der Waals surface area contributed by atoms with Crippen LogP contribution in [0.2, 0.25) is 0 Å². The smallest absolute Gasteiger partial charge is 0.157 e. The van der Waals surface area contributed by atoms with Crippen LogP contribution in [-0.2, 0) is 0 Å². The van der Waals surface area contributed by atoms with E-state index in [4.69, 9.17) is 4.74 Å². The average molecular weight is 221 g/mol. The monoisotopic (exact) mass is 221 g/mol. The molecule has 0 radical (unpaired) electrons. The standard InChI is InChI=1S/C14H23NO/c1-5-11-15-14(4,6-2)16-13-10-8-7-9-12(13)3/h7-10,15H,5-6,11H2,1-4H3. The summed E-state index contributed by atoms with van der Waals surface area (Å²) in [6.07, 6.45) is 2.06. The Morgan fingerprint density at radius 2 is 1.94 bits per heavy atom. The van der Waals surface area contributed by atoms with Gasteiger partial charge in [-0.2, -0.15) is 0 Å². The fourth-order valence-electron chi connectivity index (χ4n) is 1.54. The summed E-state index contributed by atoms with van der Waals surface area (Å²) < 4.78 is 6.07. The third-order valence-corrected chi connectivity index (χ3v) is 2.85. The van der Waals surface area contributed by atoms with Gasteiger partial charge in [0.05, 0.1) is 0 Å². The highest BCUT2D eigenvalue weighted by Crippen LogP contribution is 2.22. The lowest BCUT2D eigenvalue weighted by Gasteiger charge is -2.31. The van der Waals surface area contributed by atoms with Gasteiger partial charge in [-0.25, -0.2) is 0 Å². The number of benzene rings is 1. The Hall–Kier alpha value is -1.02. The van der Waals surface area contributed by atoms with Crippen molar-refractivity contribution in [2.45, 2.75) is 46.3 Å². The Balaban J connectivity index is 2.72. The van der Waals surface area contributed by atoms with Crippen LogP contribution in [-0.4, -0.2) is 12.3 Å². The number of rotatable bonds is 6. The lowest BCUT2D eigenvalue weighted by Crippen LogP contribution is -2.47. The Kier molecular flexibility index (Phi) is 4.81. The molecule has 0 aliphatic heterocycles. The second kappa shape index (κ2) is 5.90. The minimum atomic E-state index is -0.262. The summed E-state index contributed by atoms with van der Waals surface area (Å²) in [5.74, 6) is 0.968. The molecule has 1 aromatic carbocycles. The topological polar surface area (TPSA) is 21.3 Å². The summed E-state index contributed by atoms with van der Waals surface area (Å²) in [5, 5.41) is 3.45. The average Bonchev–Trinajstić information content (AvgIpc) is 2.30. The van der Waals surface area contributed by atoms with Gasteiger partial charge >= 0.3 is 0 Å². The van der Waals surface area contributed by atoms with Crippen molar-refractivity contribution in [2.24, 2.45) is 0 Å². The summed E-state index contributed by atoms with van der Waals surface area (Å²) in [6.45, 7) is 9.47. The highest BCUT2D eigenvalue weighted by Gasteiger charge is 2.23. The van der Waals surface area contributed by atoms with E-state index >= 15 is 0 Å². The fraction of sp³-hybridized carbons (Fsp3) is 0.571. The van der Waals surface area contributed by atoms with E-state index in [0.29, 0.717) is 0 Å². The summed E-state index contributed by atoms with van der Waals surface area (Å²) >= 11 is 0. The van der Waals surface area contributed by atoms with E-state index in [1.54, 1.807) is 0 Å². The largest absolute Gasteiger partial charge is 0.473 e. The first-order chi connectivity index (χ1) is 7.61. The van der Waals surface area contributed by atoms with Crippen molar-refractivity contribution in [3.05, 3.63) is 29.8 Å². The van der Waals surface area contributed by atoms with Crippen molar-refractivity contribution in [3.8, 4) is 5.75 Å². The van der Waals surface area contributed by atoms with Gasteiger partial charge in [0.2, 0.25) is 0 Å². The van der Waals surface area contributed by atoms with Crippen LogP contribution in [0.15, 0.2) is 24.3 Å². The molecule has 0 aliphatic rings. The predicted octanol–water partition coefficient (Wildman–Crippen LogP) is 3.50. The van der Waals surface area contributed by atoms with Gasteiger partial charge in [0.1, 0.15) is 5.75 Å². The maximum atomic E-state index is 6.07. The Labute approximate surface area is 99.0 Å². The lowest BCUT2D eigenvalue weighted by molar-refractivity contribution is 0.0474. The molecule has 0 fully saturated rings. The molecule has 16 heavy (non-hydrogen) atoms. The molecular weight excluding hydrogens is 198 g/mol. The second-order valence-electron chi connectivity index (χ2n) is 4.38. The SMILES string of the molecule is CCCNC(C)(CC)Oc1ccccc1C. The zero-order valence-electron chi connectivity index (χ0n) is 10.8. The van der Waals surface area contributed by atoms with Gasteiger partial charge in [0.15, 0.2) is 5.72 Å². The highest BCUT2D eigenvalue weighted by atomic mass is 16.5. The first kappa shape index (κ1) is 13.0. The van der Waals surface area contributed by atoms with Crippen LogP contribution >= 0.6 is 0 Å². The summed E-state index contributed by atoms with van der Waals surface area (Å²) in [5.41, 5.74) is 0.919. The van der Waals surface area contributed by atoms with Crippen LogP contribution in [0.25, 0.3) is 0 Å². The van der Waals surface area contributed by atoms with Crippen molar-refractivity contribution >= 4 is 0 Å². The van der Waals surface area contributed by atoms with Gasteiger partial charge in [-0.3, -0.25) is 5.32 Å². The minimum Gasteiger partial charge on any atom is -0.473 e. The Morgan fingerprint density at radius 1 is 1.25 bits per heavy atom. The molecule has 0 saturated carbocycles. The molecule has 90 valence electrons. The van der Waals surface area contributed by atoms with Gasteiger partial charge in [0, 0.05) is 0 Å². The first-order valence-electron chi connectivity index (χ1n) is 6.11. The summed E-state index contributed by atoms with van der Waals surface area (Å²) in [6, 6.07) is 8.14. The minimum absolute atomic E-state index is 0.262. The number of aryl methyl sites for hydroxylation is 1. The van der Waals surface area contributed by atoms with Crippen molar-refractivity contribution in [3.63, 3.8) is 0 Å². The van der Waals surface area contributed by atoms with E-state index in [2.05, 4.69) is 39.1 Å². The van der Waals surface area contributed by atoms with E-state index in [9.17, 15) is 0 Å². The molecular formula is C14H23NO. The van der Waals surface area contributed by atoms with Crippen LogP contribution in [0.1, 0.15) is 39.2 Å². The Morgan fingerprint density at radius 3 is 2.50 bits per heavy atom. The Bertz CT molecular complexity index is 324. The van der Waals surface area contributed by atoms with Crippen molar-refractivity contribution in [2.75, 3.05) is 6.54 Å². The van der Waals surface area contributed by atoms with Gasteiger partial charge in [0.25, 0.3) is 0 Å². The highest BCUT2D eigenvalue weighted by molar-refractivity contribution is 5.32. The van der Waals surface area contributed by atoms with Gasteiger partial charge in [-0.1, -0.05) is 32.0 Å². The summed E-state index contributed by atoms with van der Waals surface area (Å²) in [7, 11) is 0. The third kappa shape index (κ3) is 3.53. The number of hydrogen-bond donors (Lipinski definition) is 1. The van der Waals surface area contributed by atoms with Gasteiger partial charge < -0.3 is 4.74 Å². The molecule has 0 spiro atoms. The van der Waals surface area contributed by atoms with Crippen molar-refractivity contribution < 1.29 is 4.74 Å². The number of para-hydroxylation sites is 1. The van der Waals surface area contributed by atoms with Crippen molar-refractivity contribution in [1.29, 1.82) is 0 Å². The maximum Gasteiger partial charge on any atom is 0.157 e. The summed E-state index contributed by atoms with van der Waals surface area (Å²) in [4.78, 5) is 0. The van der Waals surface area contributed by atoms with E-state index in [1.165, 1.54) is 5.56 Å². The number of nitrogens with one attached hydrogen (secondary N) is 1.